The standard InChI is InChI=1S/C18H15N5O/c1-11-12(2)21-16-9-13(3-5-15(16)20-11)18(24)22-14-4-6-17-19-7-8-23(17)10-14/h3-10H,1-2H3,(H,22,24). The molecule has 3 heterocycles. The number of hydrogen-bond acceptors (Lipinski definition) is 4. The second-order valence-corrected chi connectivity index (χ2v) is 5.66. The third-order valence-corrected chi connectivity index (χ3v) is 3.98. The molecular weight excluding hydrogens is 302 g/mol. The second-order valence-electron chi connectivity index (χ2n) is 5.66. The average Bonchev–Trinajstić information content (AvgIpc) is 3.03. The Morgan fingerprint density at radius 1 is 1.04 bits per heavy atom. The van der Waals surface area contributed by atoms with Crippen molar-refractivity contribution in [3.8, 4) is 0 Å². The maximum atomic E-state index is 12.5. The number of aryl methyl sites for hydroxylation is 2. The number of nitrogens with zero attached hydrogens (tertiary/aromatic N) is 4. The zero-order chi connectivity index (χ0) is 16.7. The highest BCUT2D eigenvalue weighted by Crippen LogP contribution is 2.16. The van der Waals surface area contributed by atoms with Crippen molar-refractivity contribution >= 4 is 28.3 Å². The van der Waals surface area contributed by atoms with Crippen LogP contribution in [0.1, 0.15) is 21.7 Å². The number of pyridine rings is 1. The summed E-state index contributed by atoms with van der Waals surface area (Å²) in [7, 11) is 0. The molecule has 0 bridgehead atoms. The monoisotopic (exact) mass is 317 g/mol. The van der Waals surface area contributed by atoms with Crippen LogP contribution in [0.15, 0.2) is 48.9 Å². The number of amides is 1. The lowest BCUT2D eigenvalue weighted by Gasteiger charge is -2.07. The maximum Gasteiger partial charge on any atom is 0.255 e. The van der Waals surface area contributed by atoms with Gasteiger partial charge in [-0.2, -0.15) is 0 Å². The summed E-state index contributed by atoms with van der Waals surface area (Å²) in [5.74, 6) is -0.184. The van der Waals surface area contributed by atoms with Gasteiger partial charge in [-0.05, 0) is 44.2 Å². The van der Waals surface area contributed by atoms with Gasteiger partial charge in [-0.1, -0.05) is 0 Å². The van der Waals surface area contributed by atoms with Crippen molar-refractivity contribution in [1.82, 2.24) is 19.4 Å². The number of aromatic nitrogens is 4. The van der Waals surface area contributed by atoms with Crippen molar-refractivity contribution in [3.63, 3.8) is 0 Å². The smallest absolute Gasteiger partial charge is 0.255 e. The zero-order valence-electron chi connectivity index (χ0n) is 13.3. The van der Waals surface area contributed by atoms with Crippen LogP contribution in [-0.4, -0.2) is 25.3 Å². The summed E-state index contributed by atoms with van der Waals surface area (Å²) >= 11 is 0. The molecule has 0 saturated carbocycles. The number of nitrogens with one attached hydrogen (secondary N) is 1. The summed E-state index contributed by atoms with van der Waals surface area (Å²) < 4.78 is 1.85. The average molecular weight is 317 g/mol. The molecular formula is C18H15N5O. The quantitative estimate of drug-likeness (QED) is 0.616. The molecule has 6 heteroatoms. The molecule has 0 fully saturated rings. The lowest BCUT2D eigenvalue weighted by molar-refractivity contribution is 0.102. The third kappa shape index (κ3) is 2.48. The van der Waals surface area contributed by atoms with Gasteiger partial charge in [0.15, 0.2) is 0 Å². The van der Waals surface area contributed by atoms with Crippen LogP contribution in [0, 0.1) is 13.8 Å². The summed E-state index contributed by atoms with van der Waals surface area (Å²) in [4.78, 5) is 25.7. The minimum Gasteiger partial charge on any atom is -0.321 e. The number of carbonyl (C=O) groups excluding carboxylic acids is 1. The lowest BCUT2D eigenvalue weighted by Crippen LogP contribution is -2.12. The zero-order valence-corrected chi connectivity index (χ0v) is 13.3. The van der Waals surface area contributed by atoms with E-state index >= 15 is 0 Å². The van der Waals surface area contributed by atoms with E-state index in [9.17, 15) is 4.79 Å². The SMILES string of the molecule is Cc1nc2ccc(C(=O)Nc3ccc4nccn4c3)cc2nc1C. The summed E-state index contributed by atoms with van der Waals surface area (Å²) in [6, 6.07) is 9.03. The van der Waals surface area contributed by atoms with Crippen molar-refractivity contribution in [3.05, 3.63) is 65.9 Å². The number of imidazole rings is 1. The molecule has 0 spiro atoms. The van der Waals surface area contributed by atoms with Gasteiger partial charge in [0.2, 0.25) is 0 Å². The summed E-state index contributed by atoms with van der Waals surface area (Å²) in [5.41, 5.74) is 5.35. The fourth-order valence-electron chi connectivity index (χ4n) is 2.57. The van der Waals surface area contributed by atoms with Gasteiger partial charge in [-0.25, -0.2) is 15.0 Å². The Kier molecular flexibility index (Phi) is 3.23. The van der Waals surface area contributed by atoms with Crippen molar-refractivity contribution < 1.29 is 4.79 Å². The molecule has 4 aromatic rings. The normalized spacial score (nSPS) is 11.1. The van der Waals surface area contributed by atoms with Crippen LogP contribution in [0.3, 0.4) is 0 Å². The van der Waals surface area contributed by atoms with E-state index in [1.807, 2.05) is 48.8 Å². The molecule has 0 aliphatic heterocycles. The third-order valence-electron chi connectivity index (χ3n) is 3.98. The van der Waals surface area contributed by atoms with Gasteiger partial charge in [-0.3, -0.25) is 4.79 Å². The Morgan fingerprint density at radius 3 is 2.67 bits per heavy atom. The van der Waals surface area contributed by atoms with Crippen LogP contribution in [0.25, 0.3) is 16.7 Å². The topological polar surface area (TPSA) is 72.2 Å². The summed E-state index contributed by atoms with van der Waals surface area (Å²) in [6.45, 7) is 3.84. The molecule has 0 aliphatic carbocycles. The molecule has 0 atom stereocenters. The number of benzene rings is 1. The number of carbonyl (C=O) groups is 1. The predicted molar refractivity (Wildman–Crippen MR) is 92.2 cm³/mol. The minimum atomic E-state index is -0.184. The fourth-order valence-corrected chi connectivity index (χ4v) is 2.57. The highest BCUT2D eigenvalue weighted by molar-refractivity contribution is 6.05. The Hall–Kier alpha value is -3.28. The van der Waals surface area contributed by atoms with Crippen molar-refractivity contribution in [2.24, 2.45) is 0 Å². The van der Waals surface area contributed by atoms with E-state index in [2.05, 4.69) is 20.3 Å². The molecule has 1 N–H and O–H groups in total. The van der Waals surface area contributed by atoms with Gasteiger partial charge in [0.05, 0.1) is 28.1 Å². The van der Waals surface area contributed by atoms with Gasteiger partial charge < -0.3 is 9.72 Å². The highest BCUT2D eigenvalue weighted by Gasteiger charge is 2.09. The van der Waals surface area contributed by atoms with Crippen molar-refractivity contribution in [1.29, 1.82) is 0 Å². The van der Waals surface area contributed by atoms with E-state index in [-0.39, 0.29) is 5.91 Å². The molecule has 3 aromatic heterocycles. The first-order chi connectivity index (χ1) is 11.6. The van der Waals surface area contributed by atoms with Gasteiger partial charge in [0.1, 0.15) is 5.65 Å². The summed E-state index contributed by atoms with van der Waals surface area (Å²) in [5, 5.41) is 2.90. The molecule has 118 valence electrons. The van der Waals surface area contributed by atoms with Crippen molar-refractivity contribution in [2.75, 3.05) is 5.32 Å². The Morgan fingerprint density at radius 2 is 1.83 bits per heavy atom. The van der Waals surface area contributed by atoms with Gasteiger partial charge >= 0.3 is 0 Å². The van der Waals surface area contributed by atoms with E-state index in [0.29, 0.717) is 11.3 Å². The number of fused-ring (bicyclic) bond motifs is 2. The van der Waals surface area contributed by atoms with E-state index in [0.717, 1.165) is 28.1 Å². The largest absolute Gasteiger partial charge is 0.321 e. The first-order valence-electron chi connectivity index (χ1n) is 7.59. The Bertz CT molecular complexity index is 1080. The Labute approximate surface area is 138 Å². The molecule has 0 saturated heterocycles. The van der Waals surface area contributed by atoms with Gasteiger partial charge in [-0.15, -0.1) is 0 Å². The van der Waals surface area contributed by atoms with E-state index in [1.165, 1.54) is 0 Å². The minimum absolute atomic E-state index is 0.184. The molecule has 6 nitrogen and oxygen atoms in total. The van der Waals surface area contributed by atoms with Crippen LogP contribution < -0.4 is 5.32 Å². The number of anilines is 1. The lowest BCUT2D eigenvalue weighted by atomic mass is 10.1. The van der Waals surface area contributed by atoms with Crippen LogP contribution >= 0.6 is 0 Å². The first kappa shape index (κ1) is 14.3. The molecule has 0 aliphatic rings. The number of hydrogen-bond donors (Lipinski definition) is 1. The Balaban J connectivity index is 1.65. The van der Waals surface area contributed by atoms with E-state index in [1.54, 1.807) is 18.3 Å². The van der Waals surface area contributed by atoms with E-state index < -0.39 is 0 Å². The number of rotatable bonds is 2. The maximum absolute atomic E-state index is 12.5. The molecule has 1 amide bonds. The fraction of sp³-hybridized carbons (Fsp3) is 0.111. The second kappa shape index (κ2) is 5.42. The molecule has 24 heavy (non-hydrogen) atoms. The molecule has 4 rings (SSSR count). The van der Waals surface area contributed by atoms with Gasteiger partial charge in [0, 0.05) is 24.2 Å². The van der Waals surface area contributed by atoms with Crippen LogP contribution in [0.5, 0.6) is 0 Å². The highest BCUT2D eigenvalue weighted by atomic mass is 16.1. The first-order valence-corrected chi connectivity index (χ1v) is 7.59. The van der Waals surface area contributed by atoms with Crippen molar-refractivity contribution in [2.45, 2.75) is 13.8 Å². The van der Waals surface area contributed by atoms with Gasteiger partial charge in [0.25, 0.3) is 5.91 Å². The summed E-state index contributed by atoms with van der Waals surface area (Å²) in [6.07, 6.45) is 5.38. The van der Waals surface area contributed by atoms with E-state index in [4.69, 9.17) is 0 Å². The predicted octanol–water partition coefficient (Wildman–Crippen LogP) is 3.15. The molecule has 1 aromatic carbocycles. The molecule has 0 radical (unpaired) electrons. The van der Waals surface area contributed by atoms with Crippen LogP contribution in [-0.2, 0) is 0 Å². The van der Waals surface area contributed by atoms with Crippen LogP contribution in [0.4, 0.5) is 5.69 Å². The molecule has 0 unspecified atom stereocenters. The van der Waals surface area contributed by atoms with Crippen LogP contribution in [0.2, 0.25) is 0 Å².